The van der Waals surface area contributed by atoms with Crippen molar-refractivity contribution in [2.24, 2.45) is 16.6 Å². The van der Waals surface area contributed by atoms with Crippen LogP contribution < -0.4 is 10.6 Å². The Hall–Kier alpha value is -3.99. The standard InChI is InChI=1S/C29H29F3N6O4S/c30-29(31,32)26-35-15-19(16-36-26)24-37-22(18-4-6-20(7-5-18)38-11-13-43(40,41)14-12-38)23(42-24)21-3-1-2-8-28(21,25(34)39)27(17-33)9-10-27/h4-7,15-16,21H,1-3,8-14H2,(H2,34,39). The van der Waals surface area contributed by atoms with Crippen LogP contribution in [0, 0.1) is 22.2 Å². The van der Waals surface area contributed by atoms with Crippen molar-refractivity contribution < 1.29 is 30.8 Å². The highest BCUT2D eigenvalue weighted by molar-refractivity contribution is 7.91. The topological polar surface area (TPSA) is 156 Å². The van der Waals surface area contributed by atoms with E-state index in [9.17, 15) is 31.6 Å². The number of sulfone groups is 1. The number of primary amides is 1. The molecule has 2 atom stereocenters. The molecular weight excluding hydrogens is 585 g/mol. The van der Waals surface area contributed by atoms with Crippen LogP contribution in [0.15, 0.2) is 41.1 Å². The number of nitrogens with two attached hydrogens (primary N) is 1. The minimum absolute atomic E-state index is 0.0187. The highest BCUT2D eigenvalue weighted by atomic mass is 32.2. The molecule has 2 unspecified atom stereocenters. The molecule has 6 rings (SSSR count). The van der Waals surface area contributed by atoms with Gasteiger partial charge in [-0.15, -0.1) is 0 Å². The third-order valence-electron chi connectivity index (χ3n) is 9.14. The first kappa shape index (κ1) is 29.1. The lowest BCUT2D eigenvalue weighted by atomic mass is 9.56. The third kappa shape index (κ3) is 5.03. The van der Waals surface area contributed by atoms with E-state index in [2.05, 4.69) is 21.0 Å². The predicted octanol–water partition coefficient (Wildman–Crippen LogP) is 4.49. The Morgan fingerprint density at radius 3 is 2.26 bits per heavy atom. The molecular formula is C29H29F3N6O4S. The normalized spacial score (nSPS) is 24.7. The van der Waals surface area contributed by atoms with E-state index in [4.69, 9.17) is 10.2 Å². The first-order valence-electron chi connectivity index (χ1n) is 14.1. The van der Waals surface area contributed by atoms with E-state index in [0.29, 0.717) is 62.2 Å². The van der Waals surface area contributed by atoms with Gasteiger partial charge in [0.15, 0.2) is 9.84 Å². The van der Waals surface area contributed by atoms with Crippen molar-refractivity contribution in [1.82, 2.24) is 15.0 Å². The van der Waals surface area contributed by atoms with Crippen molar-refractivity contribution in [2.45, 2.75) is 50.6 Å². The lowest BCUT2D eigenvalue weighted by Crippen LogP contribution is -2.50. The van der Waals surface area contributed by atoms with E-state index in [-0.39, 0.29) is 23.0 Å². The Morgan fingerprint density at radius 2 is 1.70 bits per heavy atom. The molecule has 3 aromatic rings. The number of benzene rings is 1. The van der Waals surface area contributed by atoms with Gasteiger partial charge >= 0.3 is 6.18 Å². The monoisotopic (exact) mass is 614 g/mol. The molecule has 3 heterocycles. The van der Waals surface area contributed by atoms with Gasteiger partial charge in [-0.2, -0.15) is 18.4 Å². The molecule has 1 aromatic carbocycles. The van der Waals surface area contributed by atoms with Crippen molar-refractivity contribution in [3.05, 3.63) is 48.2 Å². The molecule has 3 aliphatic rings. The largest absolute Gasteiger partial charge is 0.451 e. The molecule has 0 spiro atoms. The molecule has 2 aliphatic carbocycles. The SMILES string of the molecule is N#CC1(C2(C(N)=O)CCCCC2c2oc(-c3cnc(C(F)(F)F)nc3)nc2-c2ccc(N3CCS(=O)(=O)CC3)cc2)CC1. The Kier molecular flexibility index (Phi) is 6.99. The smallest absolute Gasteiger partial charge is 0.440 e. The summed E-state index contributed by atoms with van der Waals surface area (Å²) >= 11 is 0. The van der Waals surface area contributed by atoms with Gasteiger partial charge < -0.3 is 15.1 Å². The van der Waals surface area contributed by atoms with Crippen LogP contribution in [0.3, 0.4) is 0 Å². The average Bonchev–Trinajstić information content (AvgIpc) is 3.68. The zero-order valence-corrected chi connectivity index (χ0v) is 23.9. The first-order chi connectivity index (χ1) is 20.4. The minimum Gasteiger partial charge on any atom is -0.440 e. The number of nitrogens with zero attached hydrogens (tertiary/aromatic N) is 5. The molecule has 43 heavy (non-hydrogen) atoms. The van der Waals surface area contributed by atoms with Crippen LogP contribution in [0.5, 0.6) is 0 Å². The molecule has 2 aromatic heterocycles. The van der Waals surface area contributed by atoms with E-state index in [1.807, 2.05) is 17.0 Å². The van der Waals surface area contributed by atoms with Crippen LogP contribution in [-0.4, -0.2) is 53.9 Å². The van der Waals surface area contributed by atoms with Gasteiger partial charge in [-0.25, -0.2) is 23.4 Å². The maximum atomic E-state index is 13.3. The van der Waals surface area contributed by atoms with Crippen LogP contribution in [0.1, 0.15) is 56.0 Å². The maximum absolute atomic E-state index is 13.3. The number of carbonyl (C=O) groups is 1. The van der Waals surface area contributed by atoms with Crippen molar-refractivity contribution in [1.29, 1.82) is 5.26 Å². The summed E-state index contributed by atoms with van der Waals surface area (Å²) in [5, 5.41) is 10.2. The number of aromatic nitrogens is 3. The molecule has 1 aliphatic heterocycles. The van der Waals surface area contributed by atoms with E-state index >= 15 is 0 Å². The number of hydrogen-bond acceptors (Lipinski definition) is 9. The molecule has 2 saturated carbocycles. The Labute approximate surface area is 246 Å². The average molecular weight is 615 g/mol. The second kappa shape index (κ2) is 10.3. The highest BCUT2D eigenvalue weighted by Gasteiger charge is 2.67. The first-order valence-corrected chi connectivity index (χ1v) is 15.9. The molecule has 0 radical (unpaired) electrons. The molecule has 3 fully saturated rings. The van der Waals surface area contributed by atoms with Gasteiger partial charge in [-0.3, -0.25) is 4.79 Å². The third-order valence-corrected chi connectivity index (χ3v) is 10.7. The summed E-state index contributed by atoms with van der Waals surface area (Å²) in [4.78, 5) is 26.8. The minimum atomic E-state index is -4.72. The lowest BCUT2D eigenvalue weighted by Gasteiger charge is -2.44. The molecule has 14 heteroatoms. The zero-order valence-electron chi connectivity index (χ0n) is 23.1. The number of nitriles is 1. The number of amides is 1. The molecule has 10 nitrogen and oxygen atoms in total. The number of anilines is 1. The van der Waals surface area contributed by atoms with Crippen LogP contribution >= 0.6 is 0 Å². The summed E-state index contributed by atoms with van der Waals surface area (Å²) in [5.41, 5.74) is 5.92. The quantitative estimate of drug-likeness (QED) is 0.423. The van der Waals surface area contributed by atoms with Crippen molar-refractivity contribution in [3.63, 3.8) is 0 Å². The number of rotatable bonds is 6. The number of alkyl halides is 3. The zero-order chi connectivity index (χ0) is 30.6. The Morgan fingerprint density at radius 1 is 1.05 bits per heavy atom. The fourth-order valence-electron chi connectivity index (χ4n) is 6.70. The summed E-state index contributed by atoms with van der Waals surface area (Å²) in [6.45, 7) is 0.739. The molecule has 226 valence electrons. The lowest BCUT2D eigenvalue weighted by molar-refractivity contribution is -0.145. The van der Waals surface area contributed by atoms with E-state index in [1.54, 1.807) is 12.1 Å². The number of carbonyl (C=O) groups excluding carboxylic acids is 1. The van der Waals surface area contributed by atoms with Gasteiger partial charge in [0.05, 0.1) is 34.0 Å². The second-order valence-corrected chi connectivity index (χ2v) is 13.8. The summed E-state index contributed by atoms with van der Waals surface area (Å²) in [7, 11) is -3.05. The summed E-state index contributed by atoms with van der Waals surface area (Å²) in [5.74, 6) is -2.00. The summed E-state index contributed by atoms with van der Waals surface area (Å²) < 4.78 is 69.4. The van der Waals surface area contributed by atoms with E-state index < -0.39 is 44.5 Å². The van der Waals surface area contributed by atoms with Crippen LogP contribution in [-0.2, 0) is 20.8 Å². The van der Waals surface area contributed by atoms with Crippen molar-refractivity contribution >= 4 is 21.4 Å². The Bertz CT molecular complexity index is 1680. The number of hydrogen-bond donors (Lipinski definition) is 1. The maximum Gasteiger partial charge on any atom is 0.451 e. The van der Waals surface area contributed by atoms with Crippen LogP contribution in [0.4, 0.5) is 18.9 Å². The number of halogens is 3. The number of oxazole rings is 1. The summed E-state index contributed by atoms with van der Waals surface area (Å²) in [6, 6.07) is 9.66. The van der Waals surface area contributed by atoms with Crippen LogP contribution in [0.2, 0.25) is 0 Å². The van der Waals surface area contributed by atoms with Crippen molar-refractivity contribution in [3.8, 4) is 28.8 Å². The van der Waals surface area contributed by atoms with Crippen LogP contribution in [0.25, 0.3) is 22.7 Å². The van der Waals surface area contributed by atoms with Gasteiger partial charge in [0.1, 0.15) is 11.5 Å². The van der Waals surface area contributed by atoms with Gasteiger partial charge in [0.2, 0.25) is 17.6 Å². The molecule has 0 bridgehead atoms. The Balaban J connectivity index is 1.44. The van der Waals surface area contributed by atoms with Gasteiger partial charge in [-0.1, -0.05) is 25.0 Å². The van der Waals surface area contributed by atoms with Gasteiger partial charge in [0, 0.05) is 42.7 Å². The highest BCUT2D eigenvalue weighted by Crippen LogP contribution is 2.68. The molecule has 1 saturated heterocycles. The molecule has 2 N–H and O–H groups in total. The van der Waals surface area contributed by atoms with E-state index in [0.717, 1.165) is 24.5 Å². The van der Waals surface area contributed by atoms with Crippen molar-refractivity contribution in [2.75, 3.05) is 29.5 Å². The van der Waals surface area contributed by atoms with Gasteiger partial charge in [0.25, 0.3) is 0 Å². The van der Waals surface area contributed by atoms with E-state index in [1.165, 1.54) is 0 Å². The predicted molar refractivity (Wildman–Crippen MR) is 149 cm³/mol. The second-order valence-electron chi connectivity index (χ2n) is 11.5. The van der Waals surface area contributed by atoms with Gasteiger partial charge in [-0.05, 0) is 37.8 Å². The fourth-order valence-corrected chi connectivity index (χ4v) is 7.90. The molecule has 1 amide bonds. The fraction of sp³-hybridized carbons (Fsp3) is 0.483. The summed E-state index contributed by atoms with van der Waals surface area (Å²) in [6.07, 6.45) is 0.728.